The normalized spacial score (nSPS) is 19.9. The van der Waals surface area contributed by atoms with Gasteiger partial charge >= 0.3 is 0 Å². The van der Waals surface area contributed by atoms with Gasteiger partial charge in [0.2, 0.25) is 0 Å². The standard InChI is InChI=1S/C23H20ClN3O3/c1-23(14-21(28)26-20-4-2-3-13-27(20)23)22(29)25-18-9-11-19(12-10-18)30-15-16-5-7-17(24)8-6-16/h2-13H,14-15H2,1H3,(H,25,29). The molecule has 2 aliphatic rings. The van der Waals surface area contributed by atoms with Crippen molar-refractivity contribution in [2.45, 2.75) is 25.5 Å². The molecule has 0 saturated carbocycles. The van der Waals surface area contributed by atoms with Crippen LogP contribution in [-0.4, -0.2) is 28.1 Å². The van der Waals surface area contributed by atoms with E-state index >= 15 is 0 Å². The molecule has 6 nitrogen and oxygen atoms in total. The van der Waals surface area contributed by atoms with E-state index in [9.17, 15) is 9.59 Å². The van der Waals surface area contributed by atoms with Crippen molar-refractivity contribution in [3.63, 3.8) is 0 Å². The molecule has 0 aromatic heterocycles. The van der Waals surface area contributed by atoms with Crippen molar-refractivity contribution < 1.29 is 14.3 Å². The Morgan fingerprint density at radius 1 is 1.17 bits per heavy atom. The van der Waals surface area contributed by atoms with Crippen LogP contribution in [0.25, 0.3) is 0 Å². The van der Waals surface area contributed by atoms with Crippen LogP contribution in [-0.2, 0) is 16.2 Å². The Morgan fingerprint density at radius 2 is 1.90 bits per heavy atom. The maximum Gasteiger partial charge on any atom is 0.250 e. The van der Waals surface area contributed by atoms with Crippen molar-refractivity contribution in [1.82, 2.24) is 4.90 Å². The molecule has 0 saturated heterocycles. The second kappa shape index (κ2) is 8.16. The summed E-state index contributed by atoms with van der Waals surface area (Å²) < 4.78 is 5.77. The van der Waals surface area contributed by atoms with E-state index in [-0.39, 0.29) is 18.2 Å². The molecular formula is C23H20ClN3O3. The second-order valence-corrected chi connectivity index (χ2v) is 7.72. The number of amidine groups is 1. The van der Waals surface area contributed by atoms with E-state index in [0.717, 1.165) is 5.56 Å². The Bertz CT molecular complexity index is 1060. The Labute approximate surface area is 179 Å². The molecule has 7 heteroatoms. The molecule has 0 aliphatic carbocycles. The van der Waals surface area contributed by atoms with Gasteiger partial charge in [-0.15, -0.1) is 0 Å². The first-order valence-corrected chi connectivity index (χ1v) is 9.86. The number of ether oxygens (including phenoxy) is 1. The minimum Gasteiger partial charge on any atom is -0.489 e. The van der Waals surface area contributed by atoms with Gasteiger partial charge in [0.05, 0.1) is 6.42 Å². The van der Waals surface area contributed by atoms with Crippen LogP contribution in [0.3, 0.4) is 0 Å². The summed E-state index contributed by atoms with van der Waals surface area (Å²) >= 11 is 5.89. The highest BCUT2D eigenvalue weighted by Crippen LogP contribution is 2.29. The number of rotatable bonds is 5. The summed E-state index contributed by atoms with van der Waals surface area (Å²) in [5.41, 5.74) is 0.569. The van der Waals surface area contributed by atoms with E-state index in [4.69, 9.17) is 16.3 Å². The molecule has 2 aliphatic heterocycles. The number of allylic oxidation sites excluding steroid dienone is 2. The van der Waals surface area contributed by atoms with Gasteiger partial charge in [-0.25, -0.2) is 0 Å². The topological polar surface area (TPSA) is 71.0 Å². The fourth-order valence-corrected chi connectivity index (χ4v) is 3.45. The van der Waals surface area contributed by atoms with Gasteiger partial charge in [-0.2, -0.15) is 4.99 Å². The number of fused-ring (bicyclic) bond motifs is 1. The first-order valence-electron chi connectivity index (χ1n) is 9.48. The number of halogens is 1. The van der Waals surface area contributed by atoms with Gasteiger partial charge < -0.3 is 15.0 Å². The monoisotopic (exact) mass is 421 g/mol. The number of anilines is 1. The average molecular weight is 422 g/mol. The lowest BCUT2D eigenvalue weighted by molar-refractivity contribution is -0.130. The molecule has 152 valence electrons. The number of nitrogens with one attached hydrogen (secondary N) is 1. The van der Waals surface area contributed by atoms with Crippen LogP contribution in [0.1, 0.15) is 18.9 Å². The summed E-state index contributed by atoms with van der Waals surface area (Å²) in [5, 5.41) is 3.58. The predicted molar refractivity (Wildman–Crippen MR) is 116 cm³/mol. The molecule has 0 fully saturated rings. The second-order valence-electron chi connectivity index (χ2n) is 7.28. The molecule has 0 bridgehead atoms. The van der Waals surface area contributed by atoms with Crippen LogP contribution < -0.4 is 10.1 Å². The van der Waals surface area contributed by atoms with Crippen LogP contribution in [0.4, 0.5) is 5.69 Å². The minimum atomic E-state index is -1.06. The third kappa shape index (κ3) is 4.14. The molecule has 2 aromatic rings. The van der Waals surface area contributed by atoms with Gasteiger partial charge in [-0.3, -0.25) is 9.59 Å². The van der Waals surface area contributed by atoms with Crippen molar-refractivity contribution in [1.29, 1.82) is 0 Å². The highest BCUT2D eigenvalue weighted by Gasteiger charge is 2.45. The van der Waals surface area contributed by atoms with Crippen LogP contribution in [0, 0.1) is 0 Å². The van der Waals surface area contributed by atoms with E-state index < -0.39 is 5.54 Å². The van der Waals surface area contributed by atoms with Crippen molar-refractivity contribution in [2.24, 2.45) is 4.99 Å². The number of carbonyl (C=O) groups is 2. The lowest BCUT2D eigenvalue weighted by Gasteiger charge is -2.41. The Hall–Kier alpha value is -3.38. The fourth-order valence-electron chi connectivity index (χ4n) is 3.33. The first kappa shape index (κ1) is 19.9. The summed E-state index contributed by atoms with van der Waals surface area (Å²) in [6.07, 6.45) is 7.08. The number of carbonyl (C=O) groups excluding carboxylic acids is 2. The van der Waals surface area contributed by atoms with Gasteiger partial charge in [-0.05, 0) is 61.0 Å². The van der Waals surface area contributed by atoms with E-state index in [1.165, 1.54) is 0 Å². The van der Waals surface area contributed by atoms with Crippen molar-refractivity contribution >= 4 is 34.9 Å². The Balaban J connectivity index is 1.41. The number of hydrogen-bond donors (Lipinski definition) is 1. The van der Waals surface area contributed by atoms with E-state index in [1.54, 1.807) is 54.4 Å². The zero-order chi connectivity index (χ0) is 21.1. The highest BCUT2D eigenvalue weighted by atomic mass is 35.5. The quantitative estimate of drug-likeness (QED) is 0.780. The van der Waals surface area contributed by atoms with Gasteiger partial charge in [0.15, 0.2) is 0 Å². The molecule has 2 amide bonds. The molecule has 4 rings (SSSR count). The molecule has 2 aromatic carbocycles. The molecule has 0 radical (unpaired) electrons. The van der Waals surface area contributed by atoms with E-state index in [2.05, 4.69) is 10.3 Å². The van der Waals surface area contributed by atoms with Crippen LogP contribution in [0.2, 0.25) is 5.02 Å². The molecule has 0 spiro atoms. The third-order valence-electron chi connectivity index (χ3n) is 5.02. The highest BCUT2D eigenvalue weighted by molar-refractivity contribution is 6.30. The van der Waals surface area contributed by atoms with Gasteiger partial charge in [0.25, 0.3) is 11.8 Å². The molecule has 2 heterocycles. The average Bonchev–Trinajstić information content (AvgIpc) is 2.74. The number of amides is 2. The largest absolute Gasteiger partial charge is 0.489 e. The lowest BCUT2D eigenvalue weighted by atomic mass is 9.91. The zero-order valence-corrected chi connectivity index (χ0v) is 17.1. The first-order chi connectivity index (χ1) is 14.4. The smallest absolute Gasteiger partial charge is 0.250 e. The van der Waals surface area contributed by atoms with Crippen molar-refractivity contribution in [3.05, 3.63) is 83.5 Å². The number of nitrogens with zero attached hydrogens (tertiary/aromatic N) is 2. The molecule has 30 heavy (non-hydrogen) atoms. The Kier molecular flexibility index (Phi) is 5.42. The maximum absolute atomic E-state index is 13.1. The molecule has 1 unspecified atom stereocenters. The molecule has 1 atom stereocenters. The van der Waals surface area contributed by atoms with Gasteiger partial charge in [0.1, 0.15) is 23.7 Å². The van der Waals surface area contributed by atoms with Crippen molar-refractivity contribution in [3.8, 4) is 5.75 Å². The summed E-state index contributed by atoms with van der Waals surface area (Å²) in [5.74, 6) is 0.556. The van der Waals surface area contributed by atoms with Gasteiger partial charge in [0, 0.05) is 16.9 Å². The van der Waals surface area contributed by atoms with Crippen LogP contribution in [0.5, 0.6) is 5.75 Å². The summed E-state index contributed by atoms with van der Waals surface area (Å²) in [4.78, 5) is 30.9. The summed E-state index contributed by atoms with van der Waals surface area (Å²) in [6, 6.07) is 14.6. The number of benzene rings is 2. The predicted octanol–water partition coefficient (Wildman–Crippen LogP) is 4.33. The Morgan fingerprint density at radius 3 is 2.63 bits per heavy atom. The summed E-state index contributed by atoms with van der Waals surface area (Å²) in [6.45, 7) is 2.15. The van der Waals surface area contributed by atoms with Crippen LogP contribution >= 0.6 is 11.6 Å². The summed E-state index contributed by atoms with van der Waals surface area (Å²) in [7, 11) is 0. The molecule has 1 N–H and O–H groups in total. The third-order valence-corrected chi connectivity index (χ3v) is 5.28. The zero-order valence-electron chi connectivity index (χ0n) is 16.3. The number of hydrogen-bond acceptors (Lipinski definition) is 4. The van der Waals surface area contributed by atoms with Gasteiger partial charge in [-0.1, -0.05) is 29.8 Å². The SMILES string of the molecule is CC1(C(=O)Nc2ccc(OCc3ccc(Cl)cc3)cc2)CC(=O)N=C2C=CC=CN21. The minimum absolute atomic E-state index is 0.00278. The van der Waals surface area contributed by atoms with Crippen molar-refractivity contribution in [2.75, 3.05) is 5.32 Å². The molecular weight excluding hydrogens is 402 g/mol. The lowest BCUT2D eigenvalue weighted by Crippen LogP contribution is -2.58. The number of aliphatic imine (C=N–C) groups is 1. The van der Waals surface area contributed by atoms with E-state index in [0.29, 0.717) is 28.9 Å². The maximum atomic E-state index is 13.1. The fraction of sp³-hybridized carbons (Fsp3) is 0.174. The van der Waals surface area contributed by atoms with E-state index in [1.807, 2.05) is 30.3 Å². The van der Waals surface area contributed by atoms with Crippen LogP contribution in [0.15, 0.2) is 78.0 Å².